The van der Waals surface area contributed by atoms with E-state index in [1.807, 2.05) is 37.3 Å². The van der Waals surface area contributed by atoms with Crippen molar-refractivity contribution in [2.45, 2.75) is 17.7 Å². The summed E-state index contributed by atoms with van der Waals surface area (Å²) in [5.74, 6) is -0.638. The zero-order valence-corrected chi connectivity index (χ0v) is 17.0. The van der Waals surface area contributed by atoms with Gasteiger partial charge in [-0.2, -0.15) is 18.1 Å². The molecule has 7 heteroatoms. The molecular weight excluding hydrogens is 396 g/mol. The van der Waals surface area contributed by atoms with E-state index < -0.39 is 15.9 Å². The summed E-state index contributed by atoms with van der Waals surface area (Å²) in [4.78, 5) is 7.68. The van der Waals surface area contributed by atoms with E-state index in [-0.39, 0.29) is 10.6 Å². The molecule has 0 unspecified atom stereocenters. The highest BCUT2D eigenvalue weighted by atomic mass is 32.2. The van der Waals surface area contributed by atoms with Gasteiger partial charge >= 0.3 is 0 Å². The maximum atomic E-state index is 13.0. The van der Waals surface area contributed by atoms with Crippen LogP contribution in [-0.2, 0) is 10.0 Å². The second-order valence-electron chi connectivity index (χ2n) is 6.83. The summed E-state index contributed by atoms with van der Waals surface area (Å²) in [5.41, 5.74) is 3.07. The number of aromatic amines is 1. The molecular formula is C23H18N4O2S. The number of rotatable bonds is 5. The van der Waals surface area contributed by atoms with Gasteiger partial charge in [-0.1, -0.05) is 60.2 Å². The highest BCUT2D eigenvalue weighted by Gasteiger charge is 2.26. The van der Waals surface area contributed by atoms with Crippen molar-refractivity contribution >= 4 is 26.8 Å². The number of nitriles is 1. The van der Waals surface area contributed by atoms with Crippen LogP contribution < -0.4 is 0 Å². The van der Waals surface area contributed by atoms with Crippen LogP contribution in [0.4, 0.5) is 0 Å². The molecule has 0 spiro atoms. The van der Waals surface area contributed by atoms with E-state index in [1.54, 1.807) is 36.4 Å². The predicted octanol–water partition coefficient (Wildman–Crippen LogP) is 4.36. The number of imidazole rings is 1. The molecule has 0 aliphatic heterocycles. The molecule has 0 fully saturated rings. The summed E-state index contributed by atoms with van der Waals surface area (Å²) in [7, 11) is -4.02. The molecule has 148 valence electrons. The average molecular weight is 414 g/mol. The number of fused-ring (bicyclic) bond motifs is 1. The molecule has 4 aromatic rings. The van der Waals surface area contributed by atoms with Gasteiger partial charge < -0.3 is 4.98 Å². The number of hydrogen-bond donors (Lipinski definition) is 1. The smallest absolute Gasteiger partial charge is 0.282 e. The Hall–Kier alpha value is -3.76. The van der Waals surface area contributed by atoms with Gasteiger partial charge in [0.05, 0.1) is 27.7 Å². The number of sulfonamides is 1. The fraction of sp³-hybridized carbons (Fsp3) is 0.0870. The summed E-state index contributed by atoms with van der Waals surface area (Å²) in [6, 6.07) is 24.8. The summed E-state index contributed by atoms with van der Waals surface area (Å²) >= 11 is 0. The highest BCUT2D eigenvalue weighted by Crippen LogP contribution is 2.24. The summed E-state index contributed by atoms with van der Waals surface area (Å²) in [6.07, 6.45) is 0. The molecule has 1 atom stereocenters. The van der Waals surface area contributed by atoms with Crippen molar-refractivity contribution in [1.82, 2.24) is 9.97 Å². The number of para-hydroxylation sites is 2. The second kappa shape index (κ2) is 7.93. The number of aromatic nitrogens is 2. The van der Waals surface area contributed by atoms with Crippen molar-refractivity contribution in [1.29, 1.82) is 5.26 Å². The van der Waals surface area contributed by atoms with Crippen LogP contribution in [0.15, 0.2) is 88.2 Å². The van der Waals surface area contributed by atoms with E-state index in [9.17, 15) is 13.7 Å². The summed E-state index contributed by atoms with van der Waals surface area (Å²) < 4.78 is 30.1. The number of benzene rings is 3. The van der Waals surface area contributed by atoms with E-state index in [2.05, 4.69) is 20.4 Å². The zero-order chi connectivity index (χ0) is 21.1. The van der Waals surface area contributed by atoms with Crippen LogP contribution in [0.1, 0.15) is 22.9 Å². The zero-order valence-electron chi connectivity index (χ0n) is 16.1. The molecule has 1 heterocycles. The van der Waals surface area contributed by atoms with Crippen LogP contribution in [-0.4, -0.2) is 24.1 Å². The molecule has 0 aliphatic rings. The minimum Gasteiger partial charge on any atom is -0.341 e. The average Bonchev–Trinajstić information content (AvgIpc) is 3.18. The van der Waals surface area contributed by atoms with Gasteiger partial charge in [-0.05, 0) is 36.8 Å². The topological polar surface area (TPSA) is 99.0 Å². The Labute approximate surface area is 174 Å². The third-order valence-electron chi connectivity index (χ3n) is 4.69. The lowest BCUT2D eigenvalue weighted by molar-refractivity contribution is 0.598. The molecule has 0 bridgehead atoms. The first-order chi connectivity index (χ1) is 14.5. The molecule has 0 amide bonds. The maximum Gasteiger partial charge on any atom is 0.282 e. The van der Waals surface area contributed by atoms with E-state index in [1.165, 1.54) is 12.1 Å². The number of nitrogens with one attached hydrogen (secondary N) is 1. The molecule has 4 rings (SSSR count). The molecule has 3 aromatic carbocycles. The fourth-order valence-electron chi connectivity index (χ4n) is 3.13. The Morgan fingerprint density at radius 1 is 1.00 bits per heavy atom. The van der Waals surface area contributed by atoms with Gasteiger partial charge in [0, 0.05) is 0 Å². The van der Waals surface area contributed by atoms with Crippen LogP contribution in [0.5, 0.6) is 0 Å². The number of hydrogen-bond acceptors (Lipinski definition) is 4. The Morgan fingerprint density at radius 3 is 2.33 bits per heavy atom. The Morgan fingerprint density at radius 2 is 1.67 bits per heavy atom. The van der Waals surface area contributed by atoms with Gasteiger partial charge in [-0.15, -0.1) is 0 Å². The van der Waals surface area contributed by atoms with E-state index in [0.717, 1.165) is 11.1 Å². The first-order valence-corrected chi connectivity index (χ1v) is 10.7. The van der Waals surface area contributed by atoms with Gasteiger partial charge in [-0.3, -0.25) is 0 Å². The molecule has 1 aromatic heterocycles. The molecule has 1 N–H and O–H groups in total. The molecule has 30 heavy (non-hydrogen) atoms. The maximum absolute atomic E-state index is 13.0. The standard InChI is InChI=1S/C23H18N4O2S/c1-16-11-13-18(14-12-16)30(28,29)27-22(17-7-3-2-4-8-17)19(15-24)23-25-20-9-5-6-10-21(20)26-23/h2-14,19H,1H3,(H,25,26)/t19-/m0/s1. The first-order valence-electron chi connectivity index (χ1n) is 9.29. The van der Waals surface area contributed by atoms with Crippen LogP contribution in [0.3, 0.4) is 0 Å². The SMILES string of the molecule is Cc1ccc(S(=O)(=O)N=C(c2ccccc2)[C@H](C#N)c2nc3ccccc3[nH]2)cc1. The Kier molecular flexibility index (Phi) is 5.17. The summed E-state index contributed by atoms with van der Waals surface area (Å²) in [6.45, 7) is 1.88. The summed E-state index contributed by atoms with van der Waals surface area (Å²) in [5, 5.41) is 9.95. The van der Waals surface area contributed by atoms with Crippen molar-refractivity contribution in [2.75, 3.05) is 0 Å². The van der Waals surface area contributed by atoms with E-state index in [0.29, 0.717) is 16.9 Å². The highest BCUT2D eigenvalue weighted by molar-refractivity contribution is 7.90. The van der Waals surface area contributed by atoms with Crippen LogP contribution in [0.2, 0.25) is 0 Å². The van der Waals surface area contributed by atoms with Crippen molar-refractivity contribution in [3.63, 3.8) is 0 Å². The van der Waals surface area contributed by atoms with Crippen LogP contribution >= 0.6 is 0 Å². The third kappa shape index (κ3) is 3.86. The largest absolute Gasteiger partial charge is 0.341 e. The number of H-pyrrole nitrogens is 1. The van der Waals surface area contributed by atoms with Gasteiger partial charge in [0.15, 0.2) is 0 Å². The quantitative estimate of drug-likeness (QED) is 0.491. The lowest BCUT2D eigenvalue weighted by atomic mass is 9.97. The number of nitrogens with zero attached hydrogens (tertiary/aromatic N) is 3. The number of aryl methyl sites for hydroxylation is 1. The van der Waals surface area contributed by atoms with Crippen molar-refractivity contribution in [3.05, 3.63) is 95.8 Å². The second-order valence-corrected chi connectivity index (χ2v) is 8.44. The van der Waals surface area contributed by atoms with Gasteiger partial charge in [-0.25, -0.2) is 4.98 Å². The van der Waals surface area contributed by atoms with Gasteiger partial charge in [0.2, 0.25) is 0 Å². The lowest BCUT2D eigenvalue weighted by Gasteiger charge is -2.11. The normalized spacial score (nSPS) is 13.1. The van der Waals surface area contributed by atoms with Gasteiger partial charge in [0.1, 0.15) is 11.7 Å². The molecule has 6 nitrogen and oxygen atoms in total. The van der Waals surface area contributed by atoms with E-state index in [4.69, 9.17) is 0 Å². The third-order valence-corrected chi connectivity index (χ3v) is 6.00. The lowest BCUT2D eigenvalue weighted by Crippen LogP contribution is -2.16. The van der Waals surface area contributed by atoms with Crippen molar-refractivity contribution in [3.8, 4) is 6.07 Å². The van der Waals surface area contributed by atoms with Crippen LogP contribution in [0, 0.1) is 18.3 Å². The molecule has 0 aliphatic carbocycles. The Bertz CT molecular complexity index is 1330. The van der Waals surface area contributed by atoms with E-state index >= 15 is 0 Å². The first kappa shape index (κ1) is 19.6. The monoisotopic (exact) mass is 414 g/mol. The van der Waals surface area contributed by atoms with Gasteiger partial charge in [0.25, 0.3) is 10.0 Å². The molecule has 0 radical (unpaired) electrons. The molecule has 0 saturated heterocycles. The molecule has 0 saturated carbocycles. The van der Waals surface area contributed by atoms with Crippen molar-refractivity contribution in [2.24, 2.45) is 4.40 Å². The van der Waals surface area contributed by atoms with Crippen molar-refractivity contribution < 1.29 is 8.42 Å². The van der Waals surface area contributed by atoms with Crippen LogP contribution in [0.25, 0.3) is 11.0 Å². The fourth-order valence-corrected chi connectivity index (χ4v) is 4.19. The Balaban J connectivity index is 1.88. The minimum absolute atomic E-state index is 0.0721. The minimum atomic E-state index is -4.02. The predicted molar refractivity (Wildman–Crippen MR) is 116 cm³/mol.